The molecule has 27 heavy (non-hydrogen) atoms. The summed E-state index contributed by atoms with van der Waals surface area (Å²) in [5.41, 5.74) is 1.36. The second kappa shape index (κ2) is 9.71. The Hall–Kier alpha value is -2.89. The first-order chi connectivity index (χ1) is 12.9. The molecule has 0 spiro atoms. The Morgan fingerprint density at radius 3 is 2.59 bits per heavy atom. The molecule has 0 aliphatic carbocycles. The number of benzene rings is 2. The fraction of sp³-hybridized carbons (Fsp3) is 0.263. The Bertz CT molecular complexity index is 919. The molecule has 1 amide bonds. The van der Waals surface area contributed by atoms with Crippen LogP contribution in [0.4, 0.5) is 0 Å². The molecule has 0 saturated heterocycles. The van der Waals surface area contributed by atoms with Crippen LogP contribution in [0.5, 0.6) is 5.75 Å². The third-order valence-corrected chi connectivity index (χ3v) is 5.07. The van der Waals surface area contributed by atoms with Gasteiger partial charge in [0.25, 0.3) is 5.91 Å². The fourth-order valence-corrected chi connectivity index (χ4v) is 3.28. The number of nitrogens with zero attached hydrogens (tertiary/aromatic N) is 1. The third-order valence-electron chi connectivity index (χ3n) is 3.61. The Morgan fingerprint density at radius 1 is 1.15 bits per heavy atom. The monoisotopic (exact) mass is 387 g/mol. The number of ether oxygens (including phenoxy) is 1. The first-order valence-electron chi connectivity index (χ1n) is 8.37. The summed E-state index contributed by atoms with van der Waals surface area (Å²) in [5.74, 6) is 0.322. The predicted octanol–water partition coefficient (Wildman–Crippen LogP) is 2.00. The molecule has 7 nitrogen and oxygen atoms in total. The highest BCUT2D eigenvalue weighted by molar-refractivity contribution is 7.89. The van der Waals surface area contributed by atoms with E-state index in [1.54, 1.807) is 0 Å². The van der Waals surface area contributed by atoms with Crippen LogP contribution in [0.1, 0.15) is 22.3 Å². The van der Waals surface area contributed by atoms with Gasteiger partial charge in [-0.25, -0.2) is 13.1 Å². The number of hydrogen-bond donors (Lipinski definition) is 2. The molecule has 0 aliphatic heterocycles. The second-order valence-corrected chi connectivity index (χ2v) is 7.52. The molecule has 0 aromatic heterocycles. The second-order valence-electron chi connectivity index (χ2n) is 5.75. The molecule has 0 unspecified atom stereocenters. The largest absolute Gasteiger partial charge is 0.492 e. The fourth-order valence-electron chi connectivity index (χ4n) is 2.20. The van der Waals surface area contributed by atoms with E-state index in [9.17, 15) is 13.2 Å². The highest BCUT2D eigenvalue weighted by Crippen LogP contribution is 2.12. The van der Waals surface area contributed by atoms with Crippen LogP contribution in [0.3, 0.4) is 0 Å². The summed E-state index contributed by atoms with van der Waals surface area (Å²) in [6.07, 6.45) is 0.0698. The van der Waals surface area contributed by atoms with Crippen LogP contribution in [0.2, 0.25) is 0 Å². The standard InChI is InChI=1S/C19H21N3O4S/c1-15-6-8-17(9-7-15)26-13-12-21-19(23)16-4-2-5-18(14-16)27(24,25)22-11-3-10-20/h2,4-9,14,22H,3,11-13H2,1H3,(H,21,23). The van der Waals surface area contributed by atoms with Crippen LogP contribution in [-0.2, 0) is 10.0 Å². The van der Waals surface area contributed by atoms with Gasteiger partial charge in [0, 0.05) is 18.5 Å². The van der Waals surface area contributed by atoms with E-state index in [0.717, 1.165) is 5.56 Å². The van der Waals surface area contributed by atoms with E-state index >= 15 is 0 Å². The molecule has 0 saturated carbocycles. The van der Waals surface area contributed by atoms with Crippen LogP contribution in [0.15, 0.2) is 53.4 Å². The summed E-state index contributed by atoms with van der Waals surface area (Å²) in [6.45, 7) is 2.58. The normalized spacial score (nSPS) is 10.8. The van der Waals surface area contributed by atoms with Crippen molar-refractivity contribution in [3.63, 3.8) is 0 Å². The van der Waals surface area contributed by atoms with Gasteiger partial charge in [-0.2, -0.15) is 5.26 Å². The van der Waals surface area contributed by atoms with Gasteiger partial charge in [-0.1, -0.05) is 23.8 Å². The van der Waals surface area contributed by atoms with Gasteiger partial charge in [-0.3, -0.25) is 4.79 Å². The Morgan fingerprint density at radius 2 is 1.89 bits per heavy atom. The summed E-state index contributed by atoms with van der Waals surface area (Å²) in [4.78, 5) is 12.2. The van der Waals surface area contributed by atoms with Crippen LogP contribution in [0, 0.1) is 18.3 Å². The minimum Gasteiger partial charge on any atom is -0.492 e. The molecule has 2 aromatic rings. The topological polar surface area (TPSA) is 108 Å². The van der Waals surface area contributed by atoms with Crippen molar-refractivity contribution in [1.29, 1.82) is 5.26 Å². The van der Waals surface area contributed by atoms with Gasteiger partial charge in [-0.15, -0.1) is 0 Å². The van der Waals surface area contributed by atoms with E-state index in [-0.39, 0.29) is 30.0 Å². The van der Waals surface area contributed by atoms with Gasteiger partial charge in [-0.05, 0) is 37.3 Å². The smallest absolute Gasteiger partial charge is 0.251 e. The van der Waals surface area contributed by atoms with E-state index in [1.807, 2.05) is 37.3 Å². The molecule has 0 aliphatic rings. The summed E-state index contributed by atoms with van der Waals surface area (Å²) in [5, 5.41) is 11.2. The molecule has 2 N–H and O–H groups in total. The lowest BCUT2D eigenvalue weighted by atomic mass is 10.2. The van der Waals surface area contributed by atoms with Crippen molar-refractivity contribution in [1.82, 2.24) is 10.0 Å². The van der Waals surface area contributed by atoms with Gasteiger partial charge < -0.3 is 10.1 Å². The Balaban J connectivity index is 1.89. The molecule has 8 heteroatoms. The maximum Gasteiger partial charge on any atom is 0.251 e. The molecule has 0 radical (unpaired) electrons. The maximum atomic E-state index is 12.2. The minimum atomic E-state index is -3.76. The van der Waals surface area contributed by atoms with Gasteiger partial charge >= 0.3 is 0 Å². The summed E-state index contributed by atoms with van der Waals surface area (Å²) in [7, 11) is -3.76. The van der Waals surface area contributed by atoms with Crippen molar-refractivity contribution in [2.75, 3.05) is 19.7 Å². The Labute approximate surface area is 159 Å². The summed E-state index contributed by atoms with van der Waals surface area (Å²) < 4.78 is 32.1. The number of aryl methyl sites for hydroxylation is 1. The lowest BCUT2D eigenvalue weighted by molar-refractivity contribution is 0.0947. The first-order valence-corrected chi connectivity index (χ1v) is 9.85. The van der Waals surface area contributed by atoms with Crippen LogP contribution >= 0.6 is 0 Å². The van der Waals surface area contributed by atoms with Gasteiger partial charge in [0.15, 0.2) is 0 Å². The van der Waals surface area contributed by atoms with Gasteiger partial charge in [0.1, 0.15) is 12.4 Å². The summed E-state index contributed by atoms with van der Waals surface area (Å²) in [6, 6.07) is 15.2. The average Bonchev–Trinajstić information content (AvgIpc) is 2.66. The van der Waals surface area contributed by atoms with E-state index in [4.69, 9.17) is 10.00 Å². The van der Waals surface area contributed by atoms with E-state index < -0.39 is 15.9 Å². The van der Waals surface area contributed by atoms with E-state index in [1.165, 1.54) is 24.3 Å². The van der Waals surface area contributed by atoms with Gasteiger partial charge in [0.05, 0.1) is 17.5 Å². The number of carbonyl (C=O) groups is 1. The molecular weight excluding hydrogens is 366 g/mol. The molecule has 2 rings (SSSR count). The SMILES string of the molecule is Cc1ccc(OCCNC(=O)c2cccc(S(=O)(=O)NCCC#N)c2)cc1. The zero-order chi connectivity index (χ0) is 19.7. The number of nitrogens with one attached hydrogen (secondary N) is 2. The minimum absolute atomic E-state index is 0.0195. The quantitative estimate of drug-likeness (QED) is 0.640. The number of carbonyl (C=O) groups excluding carboxylic acids is 1. The number of amides is 1. The average molecular weight is 387 g/mol. The van der Waals surface area contributed by atoms with Crippen molar-refractivity contribution in [2.24, 2.45) is 0 Å². The zero-order valence-corrected chi connectivity index (χ0v) is 15.8. The third kappa shape index (κ3) is 6.40. The van der Waals surface area contributed by atoms with Gasteiger partial charge in [0.2, 0.25) is 10.0 Å². The zero-order valence-electron chi connectivity index (χ0n) is 14.9. The van der Waals surface area contributed by atoms with E-state index in [0.29, 0.717) is 12.4 Å². The van der Waals surface area contributed by atoms with Crippen molar-refractivity contribution >= 4 is 15.9 Å². The highest BCUT2D eigenvalue weighted by atomic mass is 32.2. The molecule has 0 bridgehead atoms. The first kappa shape index (κ1) is 20.4. The molecule has 2 aromatic carbocycles. The number of hydrogen-bond acceptors (Lipinski definition) is 5. The number of rotatable bonds is 9. The molecule has 142 valence electrons. The Kier molecular flexibility index (Phi) is 7.34. The summed E-state index contributed by atoms with van der Waals surface area (Å²) >= 11 is 0. The van der Waals surface area contributed by atoms with Crippen molar-refractivity contribution in [3.05, 3.63) is 59.7 Å². The highest BCUT2D eigenvalue weighted by Gasteiger charge is 2.15. The maximum absolute atomic E-state index is 12.2. The lowest BCUT2D eigenvalue weighted by Crippen LogP contribution is -2.29. The van der Waals surface area contributed by atoms with Crippen LogP contribution in [-0.4, -0.2) is 34.0 Å². The van der Waals surface area contributed by atoms with Crippen LogP contribution in [0.25, 0.3) is 0 Å². The van der Waals surface area contributed by atoms with E-state index in [2.05, 4.69) is 10.0 Å². The molecule has 0 fully saturated rings. The molecule has 0 atom stereocenters. The number of sulfonamides is 1. The number of nitriles is 1. The van der Waals surface area contributed by atoms with Crippen molar-refractivity contribution in [3.8, 4) is 11.8 Å². The predicted molar refractivity (Wildman–Crippen MR) is 101 cm³/mol. The van der Waals surface area contributed by atoms with Crippen molar-refractivity contribution < 1.29 is 17.9 Å². The molecule has 0 heterocycles. The van der Waals surface area contributed by atoms with Crippen molar-refractivity contribution in [2.45, 2.75) is 18.2 Å². The lowest BCUT2D eigenvalue weighted by Gasteiger charge is -2.09. The molecular formula is C19H21N3O4S. The van der Waals surface area contributed by atoms with Crippen LogP contribution < -0.4 is 14.8 Å².